The van der Waals surface area contributed by atoms with Crippen LogP contribution in [-0.2, 0) is 18.8 Å². The fraction of sp³-hybridized carbons (Fsp3) is 0. The fourth-order valence-corrected chi connectivity index (χ4v) is 1.07. The van der Waals surface area contributed by atoms with Crippen LogP contribution in [0.25, 0.3) is 0 Å². The maximum absolute atomic E-state index is 10.3. The lowest BCUT2D eigenvalue weighted by atomic mass is 10.5. The Labute approximate surface area is 52.7 Å². The van der Waals surface area contributed by atoms with Crippen LogP contribution in [0, 0.1) is 0 Å². The van der Waals surface area contributed by atoms with E-state index in [0.29, 0.717) is 0 Å². The van der Waals surface area contributed by atoms with Crippen LogP contribution < -0.4 is 0 Å². The second-order valence-electron chi connectivity index (χ2n) is 1.42. The van der Waals surface area contributed by atoms with Gasteiger partial charge >= 0.3 is 10.4 Å². The van der Waals surface area contributed by atoms with Crippen LogP contribution in [-0.4, -0.2) is 8.42 Å². The van der Waals surface area contributed by atoms with Crippen molar-refractivity contribution in [1.29, 1.82) is 0 Å². The van der Waals surface area contributed by atoms with Crippen LogP contribution in [0.3, 0.4) is 0 Å². The molecule has 1 heterocycles. The molecule has 50 valence electrons. The van der Waals surface area contributed by atoms with Gasteiger partial charge in [0.1, 0.15) is 0 Å². The first kappa shape index (κ1) is 6.15. The van der Waals surface area contributed by atoms with Gasteiger partial charge in [0.25, 0.3) is 0 Å². The molecule has 0 amide bonds. The first-order valence-corrected chi connectivity index (χ1v) is 3.37. The van der Waals surface area contributed by atoms with Gasteiger partial charge in [-0.1, -0.05) is 13.2 Å². The number of hydrogen-bond donors (Lipinski definition) is 0. The molecule has 0 aromatic rings. The Hall–Kier alpha value is -0.970. The monoisotopic (exact) mass is 148 g/mol. The molecule has 0 bridgehead atoms. The Morgan fingerprint density at radius 3 is 1.56 bits per heavy atom. The minimum atomic E-state index is -3.84. The molecule has 0 saturated carbocycles. The molecule has 0 spiro atoms. The quantitative estimate of drug-likeness (QED) is 0.496. The summed E-state index contributed by atoms with van der Waals surface area (Å²) in [5.74, 6) is -0.120. The molecule has 1 rings (SSSR count). The van der Waals surface area contributed by atoms with Gasteiger partial charge < -0.3 is 8.37 Å². The molecule has 1 aliphatic heterocycles. The van der Waals surface area contributed by atoms with Crippen molar-refractivity contribution in [3.63, 3.8) is 0 Å². The zero-order chi connectivity index (χ0) is 7.07. The summed E-state index contributed by atoms with van der Waals surface area (Å²) >= 11 is 0. The molecule has 5 heteroatoms. The smallest absolute Gasteiger partial charge is 0.349 e. The van der Waals surface area contributed by atoms with E-state index in [4.69, 9.17) is 0 Å². The summed E-state index contributed by atoms with van der Waals surface area (Å²) in [5.41, 5.74) is 0. The van der Waals surface area contributed by atoms with E-state index in [1.807, 2.05) is 0 Å². The third kappa shape index (κ3) is 1.05. The largest absolute Gasteiger partial charge is 0.501 e. The van der Waals surface area contributed by atoms with Crippen LogP contribution in [0.5, 0.6) is 0 Å². The van der Waals surface area contributed by atoms with E-state index in [-0.39, 0.29) is 11.5 Å². The summed E-state index contributed by atoms with van der Waals surface area (Å²) in [6.07, 6.45) is 0. The van der Waals surface area contributed by atoms with Crippen molar-refractivity contribution in [1.82, 2.24) is 0 Å². The highest BCUT2D eigenvalue weighted by molar-refractivity contribution is 7.82. The van der Waals surface area contributed by atoms with Gasteiger partial charge in [-0.05, 0) is 0 Å². The zero-order valence-corrected chi connectivity index (χ0v) is 5.27. The molecule has 0 aromatic heterocycles. The van der Waals surface area contributed by atoms with Crippen LogP contribution >= 0.6 is 0 Å². The molecule has 0 aliphatic carbocycles. The Morgan fingerprint density at radius 1 is 1.11 bits per heavy atom. The van der Waals surface area contributed by atoms with E-state index >= 15 is 0 Å². The van der Waals surface area contributed by atoms with Gasteiger partial charge in [0.15, 0.2) is 11.5 Å². The van der Waals surface area contributed by atoms with Crippen molar-refractivity contribution in [2.75, 3.05) is 0 Å². The van der Waals surface area contributed by atoms with E-state index in [1.165, 1.54) is 0 Å². The molecule has 1 saturated heterocycles. The lowest BCUT2D eigenvalue weighted by molar-refractivity contribution is 0.385. The van der Waals surface area contributed by atoms with Gasteiger partial charge in [0.2, 0.25) is 0 Å². The lowest BCUT2D eigenvalue weighted by Crippen LogP contribution is -1.94. The van der Waals surface area contributed by atoms with Crippen LogP contribution in [0.4, 0.5) is 0 Å². The summed E-state index contributed by atoms with van der Waals surface area (Å²) in [7, 11) is -3.84. The average Bonchev–Trinajstić information content (AvgIpc) is 1.79. The molecule has 0 N–H and O–H groups in total. The fourth-order valence-electron chi connectivity index (χ4n) is 0.356. The van der Waals surface area contributed by atoms with Crippen LogP contribution in [0.2, 0.25) is 0 Å². The van der Waals surface area contributed by atoms with E-state index in [9.17, 15) is 8.42 Å². The molecule has 0 radical (unpaired) electrons. The predicted octanol–water partition coefficient (Wildman–Crippen LogP) is 0.305. The Morgan fingerprint density at radius 2 is 1.44 bits per heavy atom. The highest BCUT2D eigenvalue weighted by Crippen LogP contribution is 2.23. The predicted molar refractivity (Wildman–Crippen MR) is 29.4 cm³/mol. The molecule has 0 atom stereocenters. The Bertz CT molecular complexity index is 238. The maximum atomic E-state index is 10.3. The normalized spacial score (nSPS) is 23.1. The van der Waals surface area contributed by atoms with Crippen LogP contribution in [0.1, 0.15) is 0 Å². The van der Waals surface area contributed by atoms with Gasteiger partial charge in [-0.2, -0.15) is 0 Å². The molecule has 4 nitrogen and oxygen atoms in total. The molecular weight excluding hydrogens is 144 g/mol. The zero-order valence-electron chi connectivity index (χ0n) is 4.46. The van der Waals surface area contributed by atoms with Crippen molar-refractivity contribution >= 4 is 10.4 Å². The first-order valence-electron chi connectivity index (χ1n) is 2.03. The third-order valence-electron chi connectivity index (χ3n) is 0.716. The standard InChI is InChI=1S/C4H4O4S/c1-3-4(2)8-9(5,6)7-3/h1-2H2. The van der Waals surface area contributed by atoms with Gasteiger partial charge in [0, 0.05) is 0 Å². The molecule has 9 heavy (non-hydrogen) atoms. The average molecular weight is 148 g/mol. The maximum Gasteiger partial charge on any atom is 0.501 e. The number of hydrogen-bond acceptors (Lipinski definition) is 4. The number of rotatable bonds is 0. The van der Waals surface area contributed by atoms with Gasteiger partial charge in [-0.25, -0.2) is 0 Å². The van der Waals surface area contributed by atoms with Gasteiger partial charge in [-0.3, -0.25) is 0 Å². The molecule has 0 aromatic carbocycles. The summed E-state index contributed by atoms with van der Waals surface area (Å²) in [5, 5.41) is 0. The summed E-state index contributed by atoms with van der Waals surface area (Å²) in [6.45, 7) is 6.41. The molecular formula is C4H4O4S. The van der Waals surface area contributed by atoms with Crippen LogP contribution in [0.15, 0.2) is 24.7 Å². The summed E-state index contributed by atoms with van der Waals surface area (Å²) in [6, 6.07) is 0. The highest BCUT2D eigenvalue weighted by Gasteiger charge is 2.27. The van der Waals surface area contributed by atoms with Crippen molar-refractivity contribution in [3.05, 3.63) is 24.7 Å². The SMILES string of the molecule is C=C1OS(=O)(=O)OC1=C. The Balaban J connectivity index is 3.03. The van der Waals surface area contributed by atoms with E-state index < -0.39 is 10.4 Å². The van der Waals surface area contributed by atoms with Crippen molar-refractivity contribution in [2.45, 2.75) is 0 Å². The lowest BCUT2D eigenvalue weighted by Gasteiger charge is -1.85. The second kappa shape index (κ2) is 1.51. The third-order valence-corrected chi connectivity index (χ3v) is 1.53. The van der Waals surface area contributed by atoms with Gasteiger partial charge in [0.05, 0.1) is 0 Å². The molecule has 1 fully saturated rings. The highest BCUT2D eigenvalue weighted by atomic mass is 32.3. The van der Waals surface area contributed by atoms with Crippen molar-refractivity contribution in [2.24, 2.45) is 0 Å². The summed E-state index contributed by atoms with van der Waals surface area (Å²) in [4.78, 5) is 0. The summed E-state index contributed by atoms with van der Waals surface area (Å²) < 4.78 is 28.8. The van der Waals surface area contributed by atoms with Crippen molar-refractivity contribution in [3.8, 4) is 0 Å². The minimum Gasteiger partial charge on any atom is -0.349 e. The van der Waals surface area contributed by atoms with E-state index in [2.05, 4.69) is 21.5 Å². The topological polar surface area (TPSA) is 52.6 Å². The molecule has 0 unspecified atom stereocenters. The first-order chi connectivity index (χ1) is 4.01. The molecule has 1 aliphatic rings. The van der Waals surface area contributed by atoms with E-state index in [0.717, 1.165) is 0 Å². The minimum absolute atomic E-state index is 0.0602. The van der Waals surface area contributed by atoms with E-state index in [1.54, 1.807) is 0 Å². The van der Waals surface area contributed by atoms with Crippen molar-refractivity contribution < 1.29 is 16.8 Å². The van der Waals surface area contributed by atoms with Gasteiger partial charge in [-0.15, -0.1) is 8.42 Å². The second-order valence-corrected chi connectivity index (χ2v) is 2.57. The Kier molecular flexibility index (Phi) is 1.03.